The SMILES string of the molecule is O=C(CCCCCl)Nc1cc(Cl)ccc1Cl. The minimum atomic E-state index is -0.0747. The Morgan fingerprint density at radius 2 is 2.00 bits per heavy atom. The first-order chi connectivity index (χ1) is 7.63. The predicted octanol–water partition coefficient (Wildman–Crippen LogP) is 4.34. The highest BCUT2D eigenvalue weighted by Gasteiger charge is 2.06. The van der Waals surface area contributed by atoms with Crippen LogP contribution in [0.5, 0.6) is 0 Å². The fourth-order valence-electron chi connectivity index (χ4n) is 1.19. The normalized spacial score (nSPS) is 10.2. The van der Waals surface area contributed by atoms with Crippen LogP contribution in [-0.2, 0) is 4.79 Å². The van der Waals surface area contributed by atoms with Crippen molar-refractivity contribution in [1.29, 1.82) is 0 Å². The first kappa shape index (κ1) is 13.6. The van der Waals surface area contributed by atoms with Crippen molar-refractivity contribution in [3.05, 3.63) is 28.2 Å². The molecule has 0 saturated carbocycles. The molecule has 88 valence electrons. The highest BCUT2D eigenvalue weighted by molar-refractivity contribution is 6.35. The van der Waals surface area contributed by atoms with Crippen LogP contribution in [0.2, 0.25) is 10.0 Å². The van der Waals surface area contributed by atoms with Crippen molar-refractivity contribution < 1.29 is 4.79 Å². The number of anilines is 1. The molecule has 0 bridgehead atoms. The average molecular weight is 281 g/mol. The number of hydrogen-bond acceptors (Lipinski definition) is 1. The number of rotatable bonds is 5. The summed E-state index contributed by atoms with van der Waals surface area (Å²) in [5, 5.41) is 3.74. The van der Waals surface area contributed by atoms with Crippen LogP contribution >= 0.6 is 34.8 Å². The van der Waals surface area contributed by atoms with E-state index in [2.05, 4.69) is 5.32 Å². The van der Waals surface area contributed by atoms with Gasteiger partial charge in [-0.15, -0.1) is 11.6 Å². The third-order valence-electron chi connectivity index (χ3n) is 1.99. The minimum absolute atomic E-state index is 0.0747. The summed E-state index contributed by atoms with van der Waals surface area (Å²) < 4.78 is 0. The lowest BCUT2D eigenvalue weighted by Crippen LogP contribution is -2.11. The summed E-state index contributed by atoms with van der Waals surface area (Å²) in [6.45, 7) is 0. The van der Waals surface area contributed by atoms with Gasteiger partial charge >= 0.3 is 0 Å². The molecule has 5 heteroatoms. The number of carbonyl (C=O) groups is 1. The van der Waals surface area contributed by atoms with E-state index in [-0.39, 0.29) is 5.91 Å². The zero-order valence-electron chi connectivity index (χ0n) is 8.60. The van der Waals surface area contributed by atoms with E-state index in [4.69, 9.17) is 34.8 Å². The molecule has 0 aliphatic heterocycles. The number of alkyl halides is 1. The second-order valence-electron chi connectivity index (χ2n) is 3.32. The Labute approximate surface area is 110 Å². The van der Waals surface area contributed by atoms with E-state index in [1.165, 1.54) is 0 Å². The largest absolute Gasteiger partial charge is 0.325 e. The molecule has 0 radical (unpaired) electrons. The topological polar surface area (TPSA) is 29.1 Å². The number of carbonyl (C=O) groups excluding carboxylic acids is 1. The van der Waals surface area contributed by atoms with Crippen molar-refractivity contribution in [1.82, 2.24) is 0 Å². The average Bonchev–Trinajstić information content (AvgIpc) is 2.24. The molecule has 1 rings (SSSR count). The molecule has 1 amide bonds. The standard InChI is InChI=1S/C11H12Cl3NO/c12-6-2-1-3-11(16)15-10-7-8(13)4-5-9(10)14/h4-5,7H,1-3,6H2,(H,15,16). The second-order valence-corrected chi connectivity index (χ2v) is 4.54. The number of amides is 1. The quantitative estimate of drug-likeness (QED) is 0.631. The third kappa shape index (κ3) is 4.60. The Morgan fingerprint density at radius 3 is 2.69 bits per heavy atom. The molecule has 0 atom stereocenters. The summed E-state index contributed by atoms with van der Waals surface area (Å²) in [7, 11) is 0. The van der Waals surface area contributed by atoms with E-state index in [1.807, 2.05) is 0 Å². The molecule has 0 spiro atoms. The van der Waals surface area contributed by atoms with Gasteiger partial charge in [0.1, 0.15) is 0 Å². The fourth-order valence-corrected chi connectivity index (χ4v) is 1.71. The molecule has 1 N–H and O–H groups in total. The third-order valence-corrected chi connectivity index (χ3v) is 2.82. The molecule has 0 heterocycles. The number of hydrogen-bond donors (Lipinski definition) is 1. The van der Waals surface area contributed by atoms with Crippen LogP contribution < -0.4 is 5.32 Å². The van der Waals surface area contributed by atoms with Crippen LogP contribution in [0.1, 0.15) is 19.3 Å². The van der Waals surface area contributed by atoms with E-state index < -0.39 is 0 Å². The first-order valence-electron chi connectivity index (χ1n) is 4.94. The smallest absolute Gasteiger partial charge is 0.224 e. The lowest BCUT2D eigenvalue weighted by molar-refractivity contribution is -0.116. The van der Waals surface area contributed by atoms with Crippen LogP contribution in [0.25, 0.3) is 0 Å². The maximum absolute atomic E-state index is 11.5. The van der Waals surface area contributed by atoms with Gasteiger partial charge in [0.15, 0.2) is 0 Å². The molecule has 0 unspecified atom stereocenters. The molecule has 2 nitrogen and oxygen atoms in total. The van der Waals surface area contributed by atoms with Crippen molar-refractivity contribution in [2.45, 2.75) is 19.3 Å². The van der Waals surface area contributed by atoms with Gasteiger partial charge in [0, 0.05) is 17.3 Å². The van der Waals surface area contributed by atoms with Gasteiger partial charge in [-0.25, -0.2) is 0 Å². The van der Waals surface area contributed by atoms with Crippen LogP contribution in [0.3, 0.4) is 0 Å². The molecular weight excluding hydrogens is 268 g/mol. The summed E-state index contributed by atoms with van der Waals surface area (Å²) >= 11 is 17.2. The lowest BCUT2D eigenvalue weighted by atomic mass is 10.2. The van der Waals surface area contributed by atoms with Gasteiger partial charge in [0.25, 0.3) is 0 Å². The molecule has 0 saturated heterocycles. The summed E-state index contributed by atoms with van der Waals surface area (Å²) in [5.74, 6) is 0.500. The van der Waals surface area contributed by atoms with Crippen molar-refractivity contribution in [3.8, 4) is 0 Å². The molecule has 0 aliphatic carbocycles. The number of nitrogens with one attached hydrogen (secondary N) is 1. The van der Waals surface area contributed by atoms with Gasteiger partial charge in [0.05, 0.1) is 10.7 Å². The van der Waals surface area contributed by atoms with Gasteiger partial charge in [-0.1, -0.05) is 23.2 Å². The van der Waals surface area contributed by atoms with Crippen LogP contribution in [-0.4, -0.2) is 11.8 Å². The number of benzene rings is 1. The van der Waals surface area contributed by atoms with E-state index in [1.54, 1.807) is 18.2 Å². The lowest BCUT2D eigenvalue weighted by Gasteiger charge is -2.07. The monoisotopic (exact) mass is 279 g/mol. The van der Waals surface area contributed by atoms with E-state index >= 15 is 0 Å². The second kappa shape index (κ2) is 7.00. The summed E-state index contributed by atoms with van der Waals surface area (Å²) in [6, 6.07) is 4.95. The van der Waals surface area contributed by atoms with Crippen LogP contribution in [0, 0.1) is 0 Å². The van der Waals surface area contributed by atoms with Gasteiger partial charge in [-0.3, -0.25) is 4.79 Å². The molecule has 1 aromatic rings. The predicted molar refractivity (Wildman–Crippen MR) is 69.7 cm³/mol. The van der Waals surface area contributed by atoms with Gasteiger partial charge in [-0.2, -0.15) is 0 Å². The number of unbranched alkanes of at least 4 members (excludes halogenated alkanes) is 1. The van der Waals surface area contributed by atoms with E-state index in [9.17, 15) is 4.79 Å². The highest BCUT2D eigenvalue weighted by atomic mass is 35.5. The van der Waals surface area contributed by atoms with Crippen LogP contribution in [0.4, 0.5) is 5.69 Å². The Hall–Kier alpha value is -0.440. The Morgan fingerprint density at radius 1 is 1.25 bits per heavy atom. The van der Waals surface area contributed by atoms with E-state index in [0.29, 0.717) is 28.0 Å². The molecule has 16 heavy (non-hydrogen) atoms. The molecule has 0 fully saturated rings. The number of halogens is 3. The summed E-state index contributed by atoms with van der Waals surface area (Å²) in [5.41, 5.74) is 0.546. The maximum Gasteiger partial charge on any atom is 0.224 e. The maximum atomic E-state index is 11.5. The highest BCUT2D eigenvalue weighted by Crippen LogP contribution is 2.25. The Kier molecular flexibility index (Phi) is 5.96. The summed E-state index contributed by atoms with van der Waals surface area (Å²) in [6.07, 6.45) is 2.04. The molecule has 0 aromatic heterocycles. The van der Waals surface area contributed by atoms with Gasteiger partial charge in [-0.05, 0) is 31.0 Å². The Bertz CT molecular complexity index is 368. The molecule has 1 aromatic carbocycles. The van der Waals surface area contributed by atoms with Crippen molar-refractivity contribution >= 4 is 46.4 Å². The van der Waals surface area contributed by atoms with Gasteiger partial charge in [0.2, 0.25) is 5.91 Å². The fraction of sp³-hybridized carbons (Fsp3) is 0.364. The first-order valence-corrected chi connectivity index (χ1v) is 6.23. The minimum Gasteiger partial charge on any atom is -0.325 e. The molecule has 0 aliphatic rings. The van der Waals surface area contributed by atoms with Gasteiger partial charge < -0.3 is 5.32 Å². The molecular formula is C11H12Cl3NO. The van der Waals surface area contributed by atoms with Crippen molar-refractivity contribution in [3.63, 3.8) is 0 Å². The zero-order chi connectivity index (χ0) is 12.0. The van der Waals surface area contributed by atoms with E-state index in [0.717, 1.165) is 12.8 Å². The van der Waals surface area contributed by atoms with Crippen molar-refractivity contribution in [2.75, 3.05) is 11.2 Å². The zero-order valence-corrected chi connectivity index (χ0v) is 10.9. The Balaban J connectivity index is 2.52. The van der Waals surface area contributed by atoms with Crippen molar-refractivity contribution in [2.24, 2.45) is 0 Å². The van der Waals surface area contributed by atoms with Crippen LogP contribution in [0.15, 0.2) is 18.2 Å². The summed E-state index contributed by atoms with van der Waals surface area (Å²) in [4.78, 5) is 11.5.